The van der Waals surface area contributed by atoms with Gasteiger partial charge in [-0.3, -0.25) is 0 Å². The molecule has 0 aliphatic heterocycles. The Hall–Kier alpha value is -0.470. The van der Waals surface area contributed by atoms with E-state index >= 15 is 0 Å². The Morgan fingerprint density at radius 2 is 2.19 bits per heavy atom. The van der Waals surface area contributed by atoms with Crippen LogP contribution < -0.4 is 5.32 Å². The van der Waals surface area contributed by atoms with Crippen LogP contribution in [0.5, 0.6) is 0 Å². The molecule has 1 fully saturated rings. The quantitative estimate of drug-likeness (QED) is 0.688. The van der Waals surface area contributed by atoms with Gasteiger partial charge in [-0.05, 0) is 56.7 Å². The topological polar surface area (TPSA) is 12.0 Å². The second-order valence-corrected chi connectivity index (χ2v) is 7.81. The summed E-state index contributed by atoms with van der Waals surface area (Å²) < 4.78 is 0. The van der Waals surface area contributed by atoms with Crippen molar-refractivity contribution in [1.82, 2.24) is 5.32 Å². The Kier molecular flexibility index (Phi) is 7.12. The van der Waals surface area contributed by atoms with Gasteiger partial charge < -0.3 is 5.32 Å². The van der Waals surface area contributed by atoms with Crippen molar-refractivity contribution in [2.75, 3.05) is 12.3 Å². The molecule has 1 nitrogen and oxygen atoms in total. The van der Waals surface area contributed by atoms with Crippen molar-refractivity contribution in [3.8, 4) is 0 Å². The van der Waals surface area contributed by atoms with Crippen LogP contribution in [0.1, 0.15) is 51.5 Å². The molecule has 0 saturated heterocycles. The predicted octanol–water partition coefficient (Wildman–Crippen LogP) is 5.28. The van der Waals surface area contributed by atoms with E-state index in [1.54, 1.807) is 0 Å². The second-order valence-electron chi connectivity index (χ2n) is 6.72. The fraction of sp³-hybridized carbons (Fsp3) is 0.684. The largest absolute Gasteiger partial charge is 0.313 e. The van der Waals surface area contributed by atoms with Gasteiger partial charge in [-0.1, -0.05) is 44.4 Å². The Labute approximate surface area is 135 Å². The van der Waals surface area contributed by atoms with Crippen LogP contribution in [0.3, 0.4) is 0 Å². The molecule has 1 N–H and O–H groups in total. The first-order valence-corrected chi connectivity index (χ1v) is 9.60. The number of aryl methyl sites for hydroxylation is 1. The van der Waals surface area contributed by atoms with E-state index in [1.807, 2.05) is 11.8 Å². The number of hydrogen-bond donors (Lipinski definition) is 1. The van der Waals surface area contributed by atoms with Crippen LogP contribution in [0.4, 0.5) is 0 Å². The van der Waals surface area contributed by atoms with Gasteiger partial charge in [0.1, 0.15) is 0 Å². The highest BCUT2D eigenvalue weighted by molar-refractivity contribution is 7.99. The van der Waals surface area contributed by atoms with Crippen molar-refractivity contribution in [2.24, 2.45) is 11.8 Å². The highest BCUT2D eigenvalue weighted by Gasteiger charge is 2.26. The molecule has 1 aromatic carbocycles. The summed E-state index contributed by atoms with van der Waals surface area (Å²) in [4.78, 5) is 1.42. The highest BCUT2D eigenvalue weighted by atomic mass is 32.2. The maximum Gasteiger partial charge on any atom is 0.0190 e. The van der Waals surface area contributed by atoms with Crippen LogP contribution >= 0.6 is 11.8 Å². The molecule has 0 amide bonds. The standard InChI is InChI=1S/C19H31NS/c1-4-11-20-19(17-9-5-7-15(2)12-17)14-21-18-10-6-8-16(3)13-18/h6,8,10,13,15,17,19-20H,4-5,7,9,11-12,14H2,1-3H3. The van der Waals surface area contributed by atoms with Crippen molar-refractivity contribution < 1.29 is 0 Å². The minimum atomic E-state index is 0.679. The molecular formula is C19H31NS. The van der Waals surface area contributed by atoms with Crippen molar-refractivity contribution in [1.29, 1.82) is 0 Å². The third-order valence-electron chi connectivity index (χ3n) is 4.62. The van der Waals surface area contributed by atoms with E-state index in [9.17, 15) is 0 Å². The molecule has 118 valence electrons. The Morgan fingerprint density at radius 1 is 1.33 bits per heavy atom. The lowest BCUT2D eigenvalue weighted by Crippen LogP contribution is -2.40. The summed E-state index contributed by atoms with van der Waals surface area (Å²) in [5.41, 5.74) is 1.37. The van der Waals surface area contributed by atoms with Crippen LogP contribution in [-0.4, -0.2) is 18.3 Å². The molecule has 1 aliphatic rings. The summed E-state index contributed by atoms with van der Waals surface area (Å²) in [5.74, 6) is 3.00. The summed E-state index contributed by atoms with van der Waals surface area (Å²) in [6.07, 6.45) is 6.91. The summed E-state index contributed by atoms with van der Waals surface area (Å²) in [5, 5.41) is 3.82. The smallest absolute Gasteiger partial charge is 0.0190 e. The van der Waals surface area contributed by atoms with Crippen LogP contribution in [0.15, 0.2) is 29.2 Å². The summed E-state index contributed by atoms with van der Waals surface area (Å²) >= 11 is 2.03. The van der Waals surface area contributed by atoms with E-state index in [-0.39, 0.29) is 0 Å². The molecule has 2 rings (SSSR count). The van der Waals surface area contributed by atoms with Crippen molar-refractivity contribution in [3.63, 3.8) is 0 Å². The first-order valence-electron chi connectivity index (χ1n) is 8.62. The van der Waals surface area contributed by atoms with Crippen LogP contribution in [-0.2, 0) is 0 Å². The van der Waals surface area contributed by atoms with Gasteiger partial charge in [0.15, 0.2) is 0 Å². The lowest BCUT2D eigenvalue weighted by molar-refractivity contribution is 0.234. The minimum absolute atomic E-state index is 0.679. The molecule has 3 unspecified atom stereocenters. The van der Waals surface area contributed by atoms with Gasteiger partial charge in [-0.15, -0.1) is 11.8 Å². The fourth-order valence-electron chi connectivity index (χ4n) is 3.43. The molecule has 1 aromatic rings. The van der Waals surface area contributed by atoms with Crippen LogP contribution in [0.25, 0.3) is 0 Å². The number of benzene rings is 1. The summed E-state index contributed by atoms with van der Waals surface area (Å²) in [7, 11) is 0. The van der Waals surface area contributed by atoms with Crippen LogP contribution in [0.2, 0.25) is 0 Å². The molecule has 21 heavy (non-hydrogen) atoms. The SMILES string of the molecule is CCCNC(CSc1cccc(C)c1)C1CCCC(C)C1. The van der Waals surface area contributed by atoms with Gasteiger partial charge in [0.25, 0.3) is 0 Å². The van der Waals surface area contributed by atoms with Gasteiger partial charge in [0.2, 0.25) is 0 Å². The van der Waals surface area contributed by atoms with E-state index in [4.69, 9.17) is 0 Å². The fourth-order valence-corrected chi connectivity index (χ4v) is 4.64. The number of hydrogen-bond acceptors (Lipinski definition) is 2. The first kappa shape index (κ1) is 16.9. The van der Waals surface area contributed by atoms with Gasteiger partial charge >= 0.3 is 0 Å². The second kappa shape index (κ2) is 8.85. The average molecular weight is 306 g/mol. The molecule has 1 aliphatic carbocycles. The lowest BCUT2D eigenvalue weighted by atomic mass is 9.79. The molecule has 3 atom stereocenters. The average Bonchev–Trinajstić information content (AvgIpc) is 2.47. The third-order valence-corrected chi connectivity index (χ3v) is 5.73. The Balaban J connectivity index is 1.92. The van der Waals surface area contributed by atoms with Gasteiger partial charge in [0.05, 0.1) is 0 Å². The molecular weight excluding hydrogens is 274 g/mol. The van der Waals surface area contributed by atoms with E-state index in [2.05, 4.69) is 50.4 Å². The van der Waals surface area contributed by atoms with Crippen LogP contribution in [0, 0.1) is 18.8 Å². The van der Waals surface area contributed by atoms with E-state index < -0.39 is 0 Å². The zero-order chi connectivity index (χ0) is 15.1. The van der Waals surface area contributed by atoms with Crippen molar-refractivity contribution >= 4 is 11.8 Å². The Morgan fingerprint density at radius 3 is 2.90 bits per heavy atom. The minimum Gasteiger partial charge on any atom is -0.313 e. The zero-order valence-corrected chi connectivity index (χ0v) is 14.7. The monoisotopic (exact) mass is 305 g/mol. The number of nitrogens with one attached hydrogen (secondary N) is 1. The maximum absolute atomic E-state index is 3.82. The van der Waals surface area contributed by atoms with E-state index in [1.165, 1.54) is 48.3 Å². The van der Waals surface area contributed by atoms with Crippen molar-refractivity contribution in [2.45, 2.75) is 63.8 Å². The molecule has 0 aromatic heterocycles. The predicted molar refractivity (Wildman–Crippen MR) is 95.1 cm³/mol. The Bertz CT molecular complexity index is 418. The molecule has 0 radical (unpaired) electrons. The number of thioether (sulfide) groups is 1. The zero-order valence-electron chi connectivity index (χ0n) is 13.9. The summed E-state index contributed by atoms with van der Waals surface area (Å²) in [6, 6.07) is 9.59. The molecule has 0 spiro atoms. The number of rotatable bonds is 7. The first-order chi connectivity index (χ1) is 10.2. The van der Waals surface area contributed by atoms with Gasteiger partial charge in [-0.2, -0.15) is 0 Å². The lowest BCUT2D eigenvalue weighted by Gasteiger charge is -2.34. The molecule has 0 bridgehead atoms. The maximum atomic E-state index is 3.82. The van der Waals surface area contributed by atoms with Gasteiger partial charge in [0, 0.05) is 16.7 Å². The van der Waals surface area contributed by atoms with Crippen molar-refractivity contribution in [3.05, 3.63) is 29.8 Å². The van der Waals surface area contributed by atoms with E-state index in [0.717, 1.165) is 18.4 Å². The highest BCUT2D eigenvalue weighted by Crippen LogP contribution is 2.33. The molecule has 1 saturated carbocycles. The van der Waals surface area contributed by atoms with E-state index in [0.29, 0.717) is 6.04 Å². The third kappa shape index (κ3) is 5.67. The molecule has 2 heteroatoms. The molecule has 0 heterocycles. The summed E-state index contributed by atoms with van der Waals surface area (Å²) in [6.45, 7) is 8.03. The van der Waals surface area contributed by atoms with Gasteiger partial charge in [-0.25, -0.2) is 0 Å². The normalized spacial score (nSPS) is 24.0.